The molecule has 3 aliphatic carbocycles. The van der Waals surface area contributed by atoms with Crippen LogP contribution in [0, 0.1) is 16.7 Å². The lowest BCUT2D eigenvalue weighted by Crippen LogP contribution is -2.82. The summed E-state index contributed by atoms with van der Waals surface area (Å²) in [5.74, 6) is -6.84. The summed E-state index contributed by atoms with van der Waals surface area (Å²) >= 11 is 0. The second kappa shape index (κ2) is 16.5. The largest absolute Gasteiger partial charge is 0.456 e. The molecule has 0 radical (unpaired) electrons. The fourth-order valence-corrected chi connectivity index (χ4v) is 10.2. The predicted octanol–water partition coefficient (Wildman–Crippen LogP) is 3.74. The van der Waals surface area contributed by atoms with Crippen LogP contribution in [0.4, 0.5) is 0 Å². The molecule has 11 atom stereocenters. The third-order valence-electron chi connectivity index (χ3n) is 13.5. The number of fused-ring (bicyclic) bond motifs is 5. The highest BCUT2D eigenvalue weighted by molar-refractivity contribution is 5.96. The first-order valence-electron chi connectivity index (χ1n) is 20.5. The van der Waals surface area contributed by atoms with Crippen LogP contribution in [0.15, 0.2) is 102 Å². The first-order valence-corrected chi connectivity index (χ1v) is 20.5. The van der Waals surface area contributed by atoms with Gasteiger partial charge in [-0.25, -0.2) is 9.59 Å². The Kier molecular flexibility index (Phi) is 11.8. The van der Waals surface area contributed by atoms with Crippen molar-refractivity contribution in [1.82, 2.24) is 5.32 Å². The third kappa shape index (κ3) is 7.29. The quantitative estimate of drug-likeness (QED) is 0.130. The number of hydrogen-bond donors (Lipinski definition) is 4. The molecule has 4 aliphatic rings. The van der Waals surface area contributed by atoms with E-state index in [0.717, 1.165) is 13.8 Å². The summed E-state index contributed by atoms with van der Waals surface area (Å²) in [5.41, 5.74) is -7.02. The summed E-state index contributed by atoms with van der Waals surface area (Å²) < 4.78 is 30.3. The van der Waals surface area contributed by atoms with Crippen molar-refractivity contribution in [2.45, 2.75) is 108 Å². The van der Waals surface area contributed by atoms with E-state index in [1.165, 1.54) is 26.0 Å². The monoisotopic (exact) mass is 853 g/mol. The minimum absolute atomic E-state index is 0.00289. The maximum atomic E-state index is 15.5. The Morgan fingerprint density at radius 1 is 0.823 bits per heavy atom. The Hall–Kier alpha value is -5.74. The second-order valence-corrected chi connectivity index (χ2v) is 17.4. The first-order chi connectivity index (χ1) is 29.3. The lowest BCUT2D eigenvalue weighted by atomic mass is 9.44. The van der Waals surface area contributed by atoms with E-state index >= 15 is 4.79 Å². The zero-order valence-electron chi connectivity index (χ0n) is 35.2. The van der Waals surface area contributed by atoms with Crippen molar-refractivity contribution in [3.63, 3.8) is 0 Å². The molecule has 1 heterocycles. The molecule has 1 aliphatic heterocycles. The average Bonchev–Trinajstić information content (AvgIpc) is 3.24. The van der Waals surface area contributed by atoms with Crippen molar-refractivity contribution >= 4 is 35.6 Å². The Morgan fingerprint density at radius 3 is 1.95 bits per heavy atom. The van der Waals surface area contributed by atoms with Gasteiger partial charge >= 0.3 is 23.9 Å². The number of benzene rings is 3. The molecule has 4 N–H and O–H groups in total. The lowest BCUT2D eigenvalue weighted by molar-refractivity contribution is -0.346. The number of carbonyl (C=O) groups is 6. The molecule has 1 amide bonds. The summed E-state index contributed by atoms with van der Waals surface area (Å²) in [6, 6.07) is 22.9. The average molecular weight is 854 g/mol. The molecule has 0 aromatic heterocycles. The summed E-state index contributed by atoms with van der Waals surface area (Å²) in [6.07, 6.45) is -10.5. The van der Waals surface area contributed by atoms with Gasteiger partial charge in [0.15, 0.2) is 23.6 Å². The zero-order chi connectivity index (χ0) is 44.9. The van der Waals surface area contributed by atoms with E-state index in [4.69, 9.17) is 23.7 Å². The van der Waals surface area contributed by atoms with Gasteiger partial charge in [0, 0.05) is 37.7 Å². The molecule has 2 saturated carbocycles. The Balaban J connectivity index is 1.39. The van der Waals surface area contributed by atoms with Crippen LogP contribution in [-0.2, 0) is 42.9 Å². The standard InChI is InChI=1S/C47H51NO14/c1-25-31(60-43(56)36(52)35(28-16-10-7-11-17-28)48-41(54)29-18-12-8-13-19-29)23-47(57)40(61-42(55)30-20-14-9-15-21-30)38-45(6,32(51)22-33-46(38,24-58-33)62-27(3)50)39(53)37(59-26(2)49)34(25)44(47,4)5/h7-21,31-33,35-38,40,51-52,57H,22-24H2,1-6H3,(H,48,54)/t31-,32-,33-,35-,36+,37+,38+,40-,45-,46-,47?/m0/s1. The number of ether oxygens (including phenoxy) is 5. The van der Waals surface area contributed by atoms with Crippen molar-refractivity contribution in [3.8, 4) is 0 Å². The molecule has 62 heavy (non-hydrogen) atoms. The lowest BCUT2D eigenvalue weighted by Gasteiger charge is -2.67. The number of aliphatic hydroxyl groups is 3. The molecule has 7 rings (SSSR count). The van der Waals surface area contributed by atoms with Gasteiger partial charge in [-0.15, -0.1) is 0 Å². The van der Waals surface area contributed by atoms with E-state index < -0.39 is 113 Å². The van der Waals surface area contributed by atoms with Gasteiger partial charge in [-0.1, -0.05) is 80.6 Å². The summed E-state index contributed by atoms with van der Waals surface area (Å²) in [4.78, 5) is 83.5. The van der Waals surface area contributed by atoms with Gasteiger partial charge in [-0.05, 0) is 54.8 Å². The highest BCUT2D eigenvalue weighted by Gasteiger charge is 2.78. The second-order valence-electron chi connectivity index (χ2n) is 17.4. The molecule has 3 fully saturated rings. The van der Waals surface area contributed by atoms with E-state index in [9.17, 15) is 39.3 Å². The van der Waals surface area contributed by atoms with Crippen LogP contribution in [0.3, 0.4) is 0 Å². The van der Waals surface area contributed by atoms with E-state index in [1.807, 2.05) is 0 Å². The molecule has 2 bridgehead atoms. The van der Waals surface area contributed by atoms with E-state index in [-0.39, 0.29) is 35.3 Å². The molecule has 3 aromatic rings. The number of carbonyl (C=O) groups excluding carboxylic acids is 6. The Labute approximate surface area is 358 Å². The van der Waals surface area contributed by atoms with Crippen molar-refractivity contribution in [2.24, 2.45) is 16.7 Å². The van der Waals surface area contributed by atoms with Crippen LogP contribution in [0.2, 0.25) is 0 Å². The van der Waals surface area contributed by atoms with Crippen LogP contribution < -0.4 is 5.32 Å². The number of esters is 4. The van der Waals surface area contributed by atoms with E-state index in [1.54, 1.807) is 92.7 Å². The maximum absolute atomic E-state index is 15.5. The van der Waals surface area contributed by atoms with Gasteiger partial charge in [0.1, 0.15) is 23.9 Å². The number of hydrogen-bond acceptors (Lipinski definition) is 14. The van der Waals surface area contributed by atoms with Crippen molar-refractivity contribution in [1.29, 1.82) is 0 Å². The molecule has 15 nitrogen and oxygen atoms in total. The number of rotatable bonds is 10. The van der Waals surface area contributed by atoms with Crippen molar-refractivity contribution < 1.29 is 67.8 Å². The fraction of sp³-hybridized carbons (Fsp3) is 0.447. The smallest absolute Gasteiger partial charge is 0.338 e. The predicted molar refractivity (Wildman–Crippen MR) is 218 cm³/mol. The van der Waals surface area contributed by atoms with Gasteiger partial charge in [0.05, 0.1) is 35.6 Å². The Bertz CT molecular complexity index is 2280. The van der Waals surface area contributed by atoms with Gasteiger partial charge in [-0.3, -0.25) is 19.2 Å². The van der Waals surface area contributed by atoms with Gasteiger partial charge in [0.2, 0.25) is 0 Å². The number of aliphatic hydroxyl groups excluding tert-OH is 2. The highest BCUT2D eigenvalue weighted by atomic mass is 16.6. The molecular weight excluding hydrogens is 803 g/mol. The number of Topliss-reactive ketones (excluding diaryl/α,β-unsaturated/α-hetero) is 1. The summed E-state index contributed by atoms with van der Waals surface area (Å²) in [7, 11) is 0. The zero-order valence-corrected chi connectivity index (χ0v) is 35.2. The van der Waals surface area contributed by atoms with Crippen molar-refractivity contribution in [3.05, 3.63) is 119 Å². The summed E-state index contributed by atoms with van der Waals surface area (Å²) in [5, 5.41) is 40.2. The molecule has 1 saturated heterocycles. The SMILES string of the molecule is CC(=O)O[C@H]1C(=O)[C@@]2(C)[C@@H](O)C[C@@H]3OC[C@@]3(OC(C)=O)[C@@H]2[C@H](OC(=O)c2ccccc2)C2(O)C[C@H](OC(=O)[C@H](O)[C@@H](NC(=O)c3ccccc3)c3ccccc3)C(C)=C1C2(C)C. The molecule has 1 unspecified atom stereocenters. The molecule has 0 spiro atoms. The van der Waals surface area contributed by atoms with Gasteiger partial charge in [-0.2, -0.15) is 0 Å². The third-order valence-corrected chi connectivity index (χ3v) is 13.5. The van der Waals surface area contributed by atoms with Crippen LogP contribution in [-0.4, -0.2) is 105 Å². The van der Waals surface area contributed by atoms with Crippen LogP contribution >= 0.6 is 0 Å². The molecule has 328 valence electrons. The number of nitrogens with one attached hydrogen (secondary N) is 1. The van der Waals surface area contributed by atoms with Crippen LogP contribution in [0.5, 0.6) is 0 Å². The molecule has 15 heteroatoms. The van der Waals surface area contributed by atoms with Crippen molar-refractivity contribution in [2.75, 3.05) is 6.61 Å². The van der Waals surface area contributed by atoms with E-state index in [0.29, 0.717) is 5.56 Å². The minimum Gasteiger partial charge on any atom is -0.456 e. The maximum Gasteiger partial charge on any atom is 0.338 e. The highest BCUT2D eigenvalue weighted by Crippen LogP contribution is 2.64. The number of amides is 1. The first kappa shape index (κ1) is 44.3. The van der Waals surface area contributed by atoms with Gasteiger partial charge < -0.3 is 44.3 Å². The normalized spacial score (nSPS) is 31.9. The Morgan fingerprint density at radius 2 is 1.40 bits per heavy atom. The molecule has 3 aromatic carbocycles. The van der Waals surface area contributed by atoms with Gasteiger partial charge in [0.25, 0.3) is 5.91 Å². The van der Waals surface area contributed by atoms with E-state index in [2.05, 4.69) is 5.32 Å². The fourth-order valence-electron chi connectivity index (χ4n) is 10.2. The van der Waals surface area contributed by atoms with Crippen LogP contribution in [0.25, 0.3) is 0 Å². The topological polar surface area (TPSA) is 221 Å². The molecular formula is C47H51NO14. The minimum atomic E-state index is -2.39. The number of ketones is 1. The summed E-state index contributed by atoms with van der Waals surface area (Å²) in [6.45, 7) is 7.97. The van der Waals surface area contributed by atoms with Crippen LogP contribution in [0.1, 0.15) is 86.7 Å².